The van der Waals surface area contributed by atoms with Gasteiger partial charge in [-0.2, -0.15) is 15.1 Å². The Bertz CT molecular complexity index is 1130. The van der Waals surface area contributed by atoms with Crippen molar-refractivity contribution in [3.8, 4) is 11.8 Å². The van der Waals surface area contributed by atoms with Crippen LogP contribution in [-0.2, 0) is 10.2 Å². The number of aromatic nitrogens is 4. The van der Waals surface area contributed by atoms with Gasteiger partial charge in [0, 0.05) is 36.5 Å². The normalized spacial score (nSPS) is 24.1. The van der Waals surface area contributed by atoms with Gasteiger partial charge in [0.1, 0.15) is 5.82 Å². The third kappa shape index (κ3) is 3.60. The largest absolute Gasteiger partial charge is 0.467 e. The summed E-state index contributed by atoms with van der Waals surface area (Å²) < 4.78 is 12.7. The number of ether oxygens (including phenoxy) is 2. The van der Waals surface area contributed by atoms with Crippen molar-refractivity contribution >= 4 is 16.7 Å². The number of nitrogens with one attached hydrogen (secondary N) is 1. The van der Waals surface area contributed by atoms with E-state index < -0.39 is 6.10 Å². The van der Waals surface area contributed by atoms with Crippen molar-refractivity contribution in [3.05, 3.63) is 35.5 Å². The van der Waals surface area contributed by atoms with E-state index in [1.165, 1.54) is 0 Å². The molecule has 0 saturated carbocycles. The third-order valence-corrected chi connectivity index (χ3v) is 6.84. The first-order valence-electron chi connectivity index (χ1n) is 11.1. The summed E-state index contributed by atoms with van der Waals surface area (Å²) >= 11 is 0. The van der Waals surface area contributed by atoms with Crippen LogP contribution < -0.4 is 15.0 Å². The average molecular weight is 439 g/mol. The van der Waals surface area contributed by atoms with E-state index in [0.717, 1.165) is 53.9 Å². The molecule has 170 valence electrons. The fraction of sp³-hybridized carbons (Fsp3) is 0.522. The fourth-order valence-electron chi connectivity index (χ4n) is 4.83. The van der Waals surface area contributed by atoms with Crippen LogP contribution in [0.1, 0.15) is 24.5 Å². The van der Waals surface area contributed by atoms with Crippen molar-refractivity contribution < 1.29 is 14.6 Å². The molecule has 5 rings (SSSR count). The molecule has 3 aromatic rings. The lowest BCUT2D eigenvalue weighted by atomic mass is 9.71. The molecule has 0 bridgehead atoms. The molecule has 32 heavy (non-hydrogen) atoms. The highest BCUT2D eigenvalue weighted by Crippen LogP contribution is 2.37. The van der Waals surface area contributed by atoms with Gasteiger partial charge in [-0.1, -0.05) is 6.92 Å². The Morgan fingerprint density at radius 2 is 1.97 bits per heavy atom. The Morgan fingerprint density at radius 1 is 1.19 bits per heavy atom. The maximum Gasteiger partial charge on any atom is 0.320 e. The molecule has 9 nitrogen and oxygen atoms in total. The fourth-order valence-corrected chi connectivity index (χ4v) is 4.83. The van der Waals surface area contributed by atoms with E-state index in [1.54, 1.807) is 7.11 Å². The van der Waals surface area contributed by atoms with Crippen LogP contribution >= 0.6 is 0 Å². The molecule has 1 aromatic carbocycles. The van der Waals surface area contributed by atoms with Crippen molar-refractivity contribution in [2.24, 2.45) is 0 Å². The molecule has 2 aromatic heterocycles. The first kappa shape index (κ1) is 21.1. The Balaban J connectivity index is 1.62. The summed E-state index contributed by atoms with van der Waals surface area (Å²) in [6, 6.07) is 6.56. The van der Waals surface area contributed by atoms with Gasteiger partial charge < -0.3 is 24.8 Å². The molecule has 0 aliphatic carbocycles. The number of β-amino-alcohol motifs (C(OH)–C–C–N with tert-alkyl or cyclic N) is 1. The topological polar surface area (TPSA) is 97.6 Å². The number of aliphatic hydroxyl groups is 1. The van der Waals surface area contributed by atoms with E-state index in [1.807, 2.05) is 16.9 Å². The lowest BCUT2D eigenvalue weighted by Gasteiger charge is -2.40. The quantitative estimate of drug-likeness (QED) is 0.634. The second kappa shape index (κ2) is 8.31. The van der Waals surface area contributed by atoms with Crippen LogP contribution in [0.4, 0.5) is 5.82 Å². The van der Waals surface area contributed by atoms with Crippen molar-refractivity contribution in [1.82, 2.24) is 25.1 Å². The van der Waals surface area contributed by atoms with Crippen molar-refractivity contribution in [2.45, 2.75) is 31.8 Å². The highest BCUT2D eigenvalue weighted by atomic mass is 16.5. The van der Waals surface area contributed by atoms with Crippen LogP contribution in [-0.4, -0.2) is 77.5 Å². The monoisotopic (exact) mass is 438 g/mol. The van der Waals surface area contributed by atoms with Crippen molar-refractivity contribution in [2.75, 3.05) is 51.4 Å². The number of aryl methyl sites for hydroxylation is 1. The van der Waals surface area contributed by atoms with E-state index in [4.69, 9.17) is 9.47 Å². The summed E-state index contributed by atoms with van der Waals surface area (Å²) in [5, 5.41) is 19.8. The summed E-state index contributed by atoms with van der Waals surface area (Å²) in [6.07, 6.45) is 2.28. The first-order valence-corrected chi connectivity index (χ1v) is 11.1. The average Bonchev–Trinajstić information content (AvgIpc) is 3.23. The van der Waals surface area contributed by atoms with E-state index in [0.29, 0.717) is 31.6 Å². The molecule has 2 aliphatic heterocycles. The van der Waals surface area contributed by atoms with Gasteiger partial charge in [0.15, 0.2) is 5.82 Å². The number of hydrogen-bond donors (Lipinski definition) is 2. The molecule has 2 saturated heterocycles. The third-order valence-electron chi connectivity index (χ3n) is 6.84. The first-order chi connectivity index (χ1) is 15.5. The maximum absolute atomic E-state index is 10.8. The Kier molecular flexibility index (Phi) is 5.48. The summed E-state index contributed by atoms with van der Waals surface area (Å²) in [6.45, 7) is 8.62. The van der Waals surface area contributed by atoms with E-state index in [-0.39, 0.29) is 5.41 Å². The van der Waals surface area contributed by atoms with Crippen LogP contribution in [0.3, 0.4) is 0 Å². The summed E-state index contributed by atoms with van der Waals surface area (Å²) in [5.41, 5.74) is 2.94. The van der Waals surface area contributed by atoms with Gasteiger partial charge in [-0.05, 0) is 43.1 Å². The molecule has 4 heterocycles. The van der Waals surface area contributed by atoms with Crippen LogP contribution in [0.2, 0.25) is 0 Å². The molecular weight excluding hydrogens is 408 g/mol. The summed E-state index contributed by atoms with van der Waals surface area (Å²) in [7, 11) is 1.57. The van der Waals surface area contributed by atoms with Gasteiger partial charge in [0.05, 0.1) is 38.1 Å². The number of morpholine rings is 1. The number of benzene rings is 1. The van der Waals surface area contributed by atoms with Gasteiger partial charge in [-0.25, -0.2) is 4.68 Å². The number of piperidine rings is 1. The van der Waals surface area contributed by atoms with Crippen LogP contribution in [0.5, 0.6) is 6.01 Å². The zero-order valence-electron chi connectivity index (χ0n) is 18.8. The Morgan fingerprint density at radius 3 is 2.72 bits per heavy atom. The summed E-state index contributed by atoms with van der Waals surface area (Å²) in [4.78, 5) is 11.3. The van der Waals surface area contributed by atoms with Crippen molar-refractivity contribution in [1.29, 1.82) is 0 Å². The maximum atomic E-state index is 10.8. The second-order valence-electron chi connectivity index (χ2n) is 8.84. The summed E-state index contributed by atoms with van der Waals surface area (Å²) in [5.74, 6) is 1.45. The molecule has 0 spiro atoms. The van der Waals surface area contributed by atoms with Gasteiger partial charge in [0.2, 0.25) is 0 Å². The number of aliphatic hydroxyl groups excluding tert-OH is 1. The number of fused-ring (bicyclic) bond motifs is 1. The minimum atomic E-state index is -0.448. The minimum absolute atomic E-state index is 0.306. The molecule has 0 amide bonds. The van der Waals surface area contributed by atoms with E-state index >= 15 is 0 Å². The standard InChI is InChI=1S/C23H30N6O3/c1-15-10-16-13-25-29(18(16)11-17(15)23(2)4-5-24-14-19(23)30)21-12-20(26-22(27-21)31-3)28-6-8-32-9-7-28/h10-13,19,24,30H,4-9,14H2,1-3H3. The molecule has 0 radical (unpaired) electrons. The highest BCUT2D eigenvalue weighted by molar-refractivity contribution is 5.82. The number of rotatable bonds is 4. The van der Waals surface area contributed by atoms with Crippen LogP contribution in [0.15, 0.2) is 24.4 Å². The smallest absolute Gasteiger partial charge is 0.320 e. The van der Waals surface area contributed by atoms with E-state index in [2.05, 4.69) is 51.3 Å². The zero-order valence-corrected chi connectivity index (χ0v) is 18.8. The molecule has 2 unspecified atom stereocenters. The van der Waals surface area contributed by atoms with Gasteiger partial charge in [-0.3, -0.25) is 0 Å². The zero-order chi connectivity index (χ0) is 22.3. The highest BCUT2D eigenvalue weighted by Gasteiger charge is 2.38. The van der Waals surface area contributed by atoms with Crippen molar-refractivity contribution in [3.63, 3.8) is 0 Å². The number of methoxy groups -OCH3 is 1. The van der Waals surface area contributed by atoms with E-state index in [9.17, 15) is 5.11 Å². The Hall–Kier alpha value is -2.75. The molecule has 2 atom stereocenters. The van der Waals surface area contributed by atoms with Crippen LogP contribution in [0.25, 0.3) is 16.7 Å². The number of hydrogen-bond acceptors (Lipinski definition) is 8. The number of anilines is 1. The molecule has 2 fully saturated rings. The number of nitrogens with zero attached hydrogens (tertiary/aromatic N) is 5. The minimum Gasteiger partial charge on any atom is -0.467 e. The SMILES string of the molecule is COc1nc(N2CCOCC2)cc(-n2ncc3cc(C)c(C4(C)CCNCC4O)cc32)n1. The lowest BCUT2D eigenvalue weighted by molar-refractivity contribution is 0.0637. The van der Waals surface area contributed by atoms with Crippen LogP contribution in [0, 0.1) is 6.92 Å². The molecule has 2 aliphatic rings. The lowest BCUT2D eigenvalue weighted by Crippen LogP contribution is -2.50. The second-order valence-corrected chi connectivity index (χ2v) is 8.84. The van der Waals surface area contributed by atoms with Gasteiger partial charge >= 0.3 is 6.01 Å². The molecule has 9 heteroatoms. The Labute approximate surface area is 187 Å². The van der Waals surface area contributed by atoms with Gasteiger partial charge in [0.25, 0.3) is 0 Å². The molecule has 2 N–H and O–H groups in total. The predicted octanol–water partition coefficient (Wildman–Crippen LogP) is 1.58. The molecular formula is C23H30N6O3. The predicted molar refractivity (Wildman–Crippen MR) is 122 cm³/mol. The van der Waals surface area contributed by atoms with Gasteiger partial charge in [-0.15, -0.1) is 0 Å².